The minimum atomic E-state index is -2.22. The van der Waals surface area contributed by atoms with Crippen LogP contribution in [0.1, 0.15) is 25.7 Å². The molecule has 0 aromatic heterocycles. The molecule has 2 N–H and O–H groups in total. The van der Waals surface area contributed by atoms with Gasteiger partial charge in [-0.2, -0.15) is 0 Å². The average Bonchev–Trinajstić information content (AvgIpc) is 2.30. The molecule has 0 heterocycles. The fraction of sp³-hybridized carbons (Fsp3) is 0.929. The summed E-state index contributed by atoms with van der Waals surface area (Å²) < 4.78 is 12.8. The van der Waals surface area contributed by atoms with Crippen molar-refractivity contribution >= 4 is 31.2 Å². The van der Waals surface area contributed by atoms with Crippen LogP contribution < -0.4 is 0 Å². The van der Waals surface area contributed by atoms with Crippen LogP contribution in [0.25, 0.3) is 0 Å². The molecular formula is C14H34O6Si3. The molecule has 0 atom stereocenters. The largest absolute Gasteiger partial charge is 0.481 e. The van der Waals surface area contributed by atoms with Gasteiger partial charge in [-0.15, -0.1) is 0 Å². The molecule has 0 aromatic rings. The number of rotatable bonds is 13. The topological polar surface area (TPSA) is 85.2 Å². The van der Waals surface area contributed by atoms with E-state index >= 15 is 0 Å². The maximum absolute atomic E-state index is 10.6. The number of unbranched alkanes of at least 4 members (excludes halogenated alkanes) is 1. The van der Waals surface area contributed by atoms with Crippen LogP contribution in [0.2, 0.25) is 51.4 Å². The summed E-state index contributed by atoms with van der Waals surface area (Å²) in [5, 5.41) is 17.1. The lowest BCUT2D eigenvalue weighted by atomic mass is 10.3. The summed E-state index contributed by atoms with van der Waals surface area (Å²) >= 11 is 0. The first-order valence-corrected chi connectivity index (χ1v) is 17.3. The number of hydrogen-bond acceptors (Lipinski definition) is 5. The summed E-state index contributed by atoms with van der Waals surface area (Å²) in [6.45, 7) is 13.2. The quantitative estimate of drug-likeness (QED) is 0.214. The zero-order chi connectivity index (χ0) is 18.1. The summed E-state index contributed by atoms with van der Waals surface area (Å²) in [5.41, 5.74) is 0. The van der Waals surface area contributed by atoms with Gasteiger partial charge in [0, 0.05) is 6.42 Å². The molecule has 0 unspecified atom stereocenters. The van der Waals surface area contributed by atoms with Gasteiger partial charge in [0.1, 0.15) is 0 Å². The Balaban J connectivity index is 4.39. The minimum Gasteiger partial charge on any atom is -0.481 e. The van der Waals surface area contributed by atoms with Crippen LogP contribution in [0.15, 0.2) is 0 Å². The summed E-state index contributed by atoms with van der Waals surface area (Å²) in [6, 6.07) is 1.85. The van der Waals surface area contributed by atoms with E-state index in [-0.39, 0.29) is 6.42 Å². The van der Waals surface area contributed by atoms with Crippen molar-refractivity contribution in [2.24, 2.45) is 0 Å². The van der Waals surface area contributed by atoms with Crippen molar-refractivity contribution in [1.29, 1.82) is 0 Å². The van der Waals surface area contributed by atoms with Crippen molar-refractivity contribution in [2.45, 2.75) is 77.1 Å². The lowest BCUT2D eigenvalue weighted by molar-refractivity contribution is -0.242. The molecule has 0 aliphatic carbocycles. The van der Waals surface area contributed by atoms with Crippen molar-refractivity contribution in [1.82, 2.24) is 0 Å². The first-order chi connectivity index (χ1) is 10.4. The number of carbonyl (C=O) groups is 1. The predicted molar refractivity (Wildman–Crippen MR) is 98.9 cm³/mol. The molecule has 0 amide bonds. The van der Waals surface area contributed by atoms with Crippen molar-refractivity contribution in [2.75, 3.05) is 6.61 Å². The van der Waals surface area contributed by atoms with Crippen LogP contribution in [0.5, 0.6) is 0 Å². The Morgan fingerprint density at radius 3 is 1.78 bits per heavy atom. The molecule has 0 bridgehead atoms. The van der Waals surface area contributed by atoms with Crippen LogP contribution in [0.3, 0.4) is 0 Å². The van der Waals surface area contributed by atoms with Gasteiger partial charge in [-0.05, 0) is 64.2 Å². The predicted octanol–water partition coefficient (Wildman–Crippen LogP) is 4.27. The monoisotopic (exact) mass is 382 g/mol. The third-order valence-electron chi connectivity index (χ3n) is 3.48. The molecule has 0 fully saturated rings. The summed E-state index contributed by atoms with van der Waals surface area (Å²) in [5.74, 6) is -0.747. The molecule has 6 nitrogen and oxygen atoms in total. The first-order valence-electron chi connectivity index (χ1n) is 8.28. The van der Waals surface area contributed by atoms with Gasteiger partial charge in [0.15, 0.2) is 16.6 Å². The highest BCUT2D eigenvalue weighted by atomic mass is 28.5. The second-order valence-corrected chi connectivity index (χ2v) is 20.1. The van der Waals surface area contributed by atoms with Gasteiger partial charge in [0.2, 0.25) is 0 Å². The molecule has 9 heteroatoms. The number of aliphatic carboxylic acids is 1. The fourth-order valence-corrected chi connectivity index (χ4v) is 17.0. The molecule has 0 saturated heterocycles. The average molecular weight is 383 g/mol. The second-order valence-electron chi connectivity index (χ2n) is 7.66. The lowest BCUT2D eigenvalue weighted by Gasteiger charge is -2.38. The molecule has 0 rings (SSSR count). The van der Waals surface area contributed by atoms with Gasteiger partial charge in [-0.3, -0.25) is 10.1 Å². The van der Waals surface area contributed by atoms with E-state index in [9.17, 15) is 4.79 Å². The van der Waals surface area contributed by atoms with Gasteiger partial charge in [-0.1, -0.05) is 6.42 Å². The molecule has 23 heavy (non-hydrogen) atoms. The smallest absolute Gasteiger partial charge is 0.311 e. The summed E-state index contributed by atoms with van der Waals surface area (Å²) in [6.07, 6.45) is 2.68. The highest BCUT2D eigenvalue weighted by molar-refractivity contribution is 6.87. The molecule has 0 aromatic carbocycles. The molecule has 0 spiro atoms. The zero-order valence-electron chi connectivity index (χ0n) is 15.5. The van der Waals surface area contributed by atoms with Gasteiger partial charge in [-0.25, -0.2) is 4.89 Å². The Labute approximate surface area is 143 Å². The number of carboxylic acid groups (broad SMARTS) is 1. The molecular weight excluding hydrogens is 348 g/mol. The van der Waals surface area contributed by atoms with Gasteiger partial charge in [0.25, 0.3) is 0 Å². The third-order valence-corrected chi connectivity index (χ3v) is 14.9. The van der Waals surface area contributed by atoms with E-state index in [1.54, 1.807) is 0 Å². The lowest BCUT2D eigenvalue weighted by Crippen LogP contribution is -2.52. The van der Waals surface area contributed by atoms with Crippen LogP contribution in [0, 0.1) is 0 Å². The van der Waals surface area contributed by atoms with Crippen LogP contribution in [-0.2, 0) is 17.9 Å². The Bertz CT molecular complexity index is 360. The Hall–Kier alpha value is -0.0394. The second kappa shape index (κ2) is 10.1. The van der Waals surface area contributed by atoms with Crippen molar-refractivity contribution < 1.29 is 28.3 Å². The Morgan fingerprint density at radius 2 is 1.35 bits per heavy atom. The summed E-state index contributed by atoms with van der Waals surface area (Å²) in [7, 11) is -5.94. The Kier molecular flexibility index (Phi) is 10.0. The molecule has 0 radical (unpaired) electrons. The maximum atomic E-state index is 10.6. The van der Waals surface area contributed by atoms with E-state index < -0.39 is 31.2 Å². The zero-order valence-corrected chi connectivity index (χ0v) is 18.5. The van der Waals surface area contributed by atoms with Crippen molar-refractivity contribution in [3.63, 3.8) is 0 Å². The van der Waals surface area contributed by atoms with Gasteiger partial charge in [0.05, 0.1) is 6.61 Å². The highest BCUT2D eigenvalue weighted by Crippen LogP contribution is 2.26. The molecule has 0 saturated carbocycles. The molecule has 0 aliphatic rings. The van der Waals surface area contributed by atoms with E-state index in [1.165, 1.54) is 0 Å². The maximum Gasteiger partial charge on any atom is 0.311 e. The first kappa shape index (κ1) is 23.0. The summed E-state index contributed by atoms with van der Waals surface area (Å²) in [4.78, 5) is 14.7. The molecule has 138 valence electrons. The van der Waals surface area contributed by atoms with E-state index in [1.807, 2.05) is 0 Å². The third kappa shape index (κ3) is 13.0. The van der Waals surface area contributed by atoms with E-state index in [4.69, 9.17) is 18.6 Å². The van der Waals surface area contributed by atoms with E-state index in [0.29, 0.717) is 13.0 Å². The van der Waals surface area contributed by atoms with Gasteiger partial charge >= 0.3 is 14.5 Å². The van der Waals surface area contributed by atoms with Crippen molar-refractivity contribution in [3.8, 4) is 0 Å². The fourth-order valence-electron chi connectivity index (χ4n) is 2.84. The van der Waals surface area contributed by atoms with Gasteiger partial charge < -0.3 is 13.3 Å². The normalized spacial score (nSPS) is 13.3. The highest BCUT2D eigenvalue weighted by Gasteiger charge is 2.39. The number of hydrogen-bond donors (Lipinski definition) is 2. The standard InChI is InChI=1S/C14H34O6Si3/c1-21(2,12-8-7-11-18-17)19-23(5,6)20-22(3,4)13-9-10-14(15)16/h17H,7-13H2,1-6H3,(H,15,16). The van der Waals surface area contributed by atoms with Crippen LogP contribution in [0.4, 0.5) is 0 Å². The SMILES string of the molecule is C[Si](C)(CCCCOO)O[Si](C)(C)O[Si](C)(C)CCCC(=O)O. The van der Waals surface area contributed by atoms with Crippen LogP contribution in [-0.4, -0.2) is 48.1 Å². The van der Waals surface area contributed by atoms with E-state index in [0.717, 1.165) is 24.9 Å². The van der Waals surface area contributed by atoms with E-state index in [2.05, 4.69) is 44.2 Å². The van der Waals surface area contributed by atoms with Crippen LogP contribution >= 0.6 is 0 Å². The molecule has 0 aliphatic heterocycles. The number of carboxylic acids is 1. The van der Waals surface area contributed by atoms with Crippen molar-refractivity contribution in [3.05, 3.63) is 0 Å². The minimum absolute atomic E-state index is 0.204. The Morgan fingerprint density at radius 1 is 0.870 bits per heavy atom.